The van der Waals surface area contributed by atoms with Crippen LogP contribution >= 0.6 is 0 Å². The fraction of sp³-hybridized carbons (Fsp3) is 0.909. The standard InChI is InChI=1S/C11H20O7/c1-5-6(13)3-11(2,10(16)17)18-9(5)8(15)7(14)4-12/h5-9,12-15H,3-4H2,1-2H3,(H,16,17)/t5-,6?,7?,8?,9?,11-/m1/s1. The summed E-state index contributed by atoms with van der Waals surface area (Å²) in [6, 6.07) is 0. The maximum Gasteiger partial charge on any atom is 0.335 e. The van der Waals surface area contributed by atoms with Gasteiger partial charge in [-0.15, -0.1) is 0 Å². The molecule has 1 aliphatic rings. The van der Waals surface area contributed by atoms with E-state index in [0.29, 0.717) is 0 Å². The van der Waals surface area contributed by atoms with E-state index in [1.165, 1.54) is 6.92 Å². The van der Waals surface area contributed by atoms with Crippen LogP contribution in [0.5, 0.6) is 0 Å². The average molecular weight is 264 g/mol. The van der Waals surface area contributed by atoms with Crippen LogP contribution in [0.25, 0.3) is 0 Å². The Kier molecular flexibility index (Phi) is 4.68. The Hall–Kier alpha value is -0.730. The van der Waals surface area contributed by atoms with Crippen molar-refractivity contribution >= 4 is 5.97 Å². The molecule has 0 bridgehead atoms. The molecular formula is C11H20O7. The van der Waals surface area contributed by atoms with E-state index in [1.807, 2.05) is 0 Å². The van der Waals surface area contributed by atoms with Crippen molar-refractivity contribution in [2.24, 2.45) is 5.92 Å². The van der Waals surface area contributed by atoms with Crippen LogP contribution in [0.2, 0.25) is 0 Å². The molecule has 0 aromatic carbocycles. The third-order valence-corrected chi connectivity index (χ3v) is 3.49. The predicted molar refractivity (Wildman–Crippen MR) is 59.8 cm³/mol. The molecule has 6 atom stereocenters. The van der Waals surface area contributed by atoms with Crippen molar-refractivity contribution in [3.8, 4) is 0 Å². The zero-order valence-electron chi connectivity index (χ0n) is 10.4. The summed E-state index contributed by atoms with van der Waals surface area (Å²) in [6.45, 7) is 2.22. The first-order valence-corrected chi connectivity index (χ1v) is 5.79. The van der Waals surface area contributed by atoms with Gasteiger partial charge in [0.2, 0.25) is 0 Å². The van der Waals surface area contributed by atoms with Crippen molar-refractivity contribution in [3.63, 3.8) is 0 Å². The Bertz CT molecular complexity index is 308. The summed E-state index contributed by atoms with van der Waals surface area (Å²) < 4.78 is 5.32. The van der Waals surface area contributed by atoms with Crippen LogP contribution in [0.15, 0.2) is 0 Å². The zero-order chi connectivity index (χ0) is 14.1. The summed E-state index contributed by atoms with van der Waals surface area (Å²) in [5.41, 5.74) is -1.62. The van der Waals surface area contributed by atoms with Crippen LogP contribution < -0.4 is 0 Å². The van der Waals surface area contributed by atoms with Crippen LogP contribution in [0.4, 0.5) is 0 Å². The second-order valence-electron chi connectivity index (χ2n) is 4.99. The molecule has 1 heterocycles. The van der Waals surface area contributed by atoms with Gasteiger partial charge in [-0.25, -0.2) is 4.79 Å². The third-order valence-electron chi connectivity index (χ3n) is 3.49. The molecule has 0 aliphatic carbocycles. The summed E-state index contributed by atoms with van der Waals surface area (Å²) in [4.78, 5) is 11.1. The van der Waals surface area contributed by atoms with E-state index in [0.717, 1.165) is 0 Å². The molecule has 4 unspecified atom stereocenters. The minimum Gasteiger partial charge on any atom is -0.479 e. The van der Waals surface area contributed by atoms with Gasteiger partial charge in [-0.1, -0.05) is 6.92 Å². The van der Waals surface area contributed by atoms with Gasteiger partial charge in [-0.2, -0.15) is 0 Å². The Balaban J connectivity index is 2.92. The second-order valence-corrected chi connectivity index (χ2v) is 4.99. The molecule has 1 aliphatic heterocycles. The largest absolute Gasteiger partial charge is 0.479 e. The summed E-state index contributed by atoms with van der Waals surface area (Å²) in [5, 5.41) is 46.9. The predicted octanol–water partition coefficient (Wildman–Crippen LogP) is -1.67. The van der Waals surface area contributed by atoms with E-state index in [9.17, 15) is 20.1 Å². The van der Waals surface area contributed by atoms with E-state index in [2.05, 4.69) is 0 Å². The molecule has 7 heteroatoms. The second kappa shape index (κ2) is 5.50. The quantitative estimate of drug-likeness (QED) is 0.411. The van der Waals surface area contributed by atoms with Crippen LogP contribution in [0, 0.1) is 5.92 Å². The number of rotatable bonds is 4. The maximum absolute atomic E-state index is 11.1. The van der Waals surface area contributed by atoms with Gasteiger partial charge in [0.25, 0.3) is 0 Å². The number of hydrogen-bond donors (Lipinski definition) is 5. The molecule has 106 valence electrons. The van der Waals surface area contributed by atoms with Gasteiger partial charge in [0.05, 0.1) is 18.8 Å². The molecule has 0 spiro atoms. The summed E-state index contributed by atoms with van der Waals surface area (Å²) in [6.07, 6.45) is -5.02. The smallest absolute Gasteiger partial charge is 0.335 e. The molecule has 0 aromatic heterocycles. The highest BCUT2D eigenvalue weighted by atomic mass is 16.6. The van der Waals surface area contributed by atoms with Crippen molar-refractivity contribution in [1.29, 1.82) is 0 Å². The normalized spacial score (nSPS) is 40.2. The molecule has 0 saturated carbocycles. The van der Waals surface area contributed by atoms with Crippen LogP contribution in [0.1, 0.15) is 20.3 Å². The minimum atomic E-state index is -1.62. The minimum absolute atomic E-state index is 0.0953. The van der Waals surface area contributed by atoms with Gasteiger partial charge >= 0.3 is 5.97 Å². The highest BCUT2D eigenvalue weighted by molar-refractivity contribution is 5.77. The van der Waals surface area contributed by atoms with E-state index in [1.54, 1.807) is 6.92 Å². The van der Waals surface area contributed by atoms with Gasteiger partial charge < -0.3 is 30.3 Å². The van der Waals surface area contributed by atoms with Crippen LogP contribution in [-0.2, 0) is 9.53 Å². The number of aliphatic hydroxyl groups excluding tert-OH is 4. The SMILES string of the molecule is C[C@@H]1C(O)C[C@](C)(C(=O)O)OC1C(O)C(O)CO. The number of hydrogen-bond acceptors (Lipinski definition) is 6. The lowest BCUT2D eigenvalue weighted by atomic mass is 9.81. The lowest BCUT2D eigenvalue weighted by molar-refractivity contribution is -0.232. The van der Waals surface area contributed by atoms with Gasteiger partial charge in [-0.05, 0) is 6.92 Å². The topological polar surface area (TPSA) is 127 Å². The highest BCUT2D eigenvalue weighted by Crippen LogP contribution is 2.35. The number of carbonyl (C=O) groups is 1. The van der Waals surface area contributed by atoms with Gasteiger partial charge in [0.1, 0.15) is 12.2 Å². The first-order valence-electron chi connectivity index (χ1n) is 5.79. The molecule has 5 N–H and O–H groups in total. The first kappa shape index (κ1) is 15.3. The number of carboxylic acids is 1. The van der Waals surface area contributed by atoms with Crippen molar-refractivity contribution < 1.29 is 35.1 Å². The van der Waals surface area contributed by atoms with Gasteiger partial charge in [-0.3, -0.25) is 0 Å². The molecule has 0 radical (unpaired) electrons. The monoisotopic (exact) mass is 264 g/mol. The van der Waals surface area contributed by atoms with E-state index in [-0.39, 0.29) is 6.42 Å². The Morgan fingerprint density at radius 3 is 2.50 bits per heavy atom. The Morgan fingerprint density at radius 1 is 1.50 bits per heavy atom. The van der Waals surface area contributed by atoms with Crippen molar-refractivity contribution in [2.75, 3.05) is 6.61 Å². The number of ether oxygens (including phenoxy) is 1. The van der Waals surface area contributed by atoms with E-state index < -0.39 is 48.5 Å². The zero-order valence-corrected chi connectivity index (χ0v) is 10.4. The molecule has 1 fully saturated rings. The fourth-order valence-corrected chi connectivity index (χ4v) is 2.11. The Labute approximate surface area is 105 Å². The number of aliphatic carboxylic acids is 1. The molecule has 1 rings (SSSR count). The van der Waals surface area contributed by atoms with Crippen molar-refractivity contribution in [2.45, 2.75) is 50.3 Å². The van der Waals surface area contributed by atoms with Crippen LogP contribution in [-0.4, -0.2) is 68.1 Å². The summed E-state index contributed by atoms with van der Waals surface area (Å²) in [5.74, 6) is -1.79. The molecular weight excluding hydrogens is 244 g/mol. The third kappa shape index (κ3) is 2.81. The first-order chi connectivity index (χ1) is 8.23. The molecule has 18 heavy (non-hydrogen) atoms. The Morgan fingerprint density at radius 2 is 2.06 bits per heavy atom. The van der Waals surface area contributed by atoms with Crippen LogP contribution in [0.3, 0.4) is 0 Å². The lowest BCUT2D eigenvalue weighted by Gasteiger charge is -2.44. The summed E-state index contributed by atoms with van der Waals surface area (Å²) >= 11 is 0. The lowest BCUT2D eigenvalue weighted by Crippen LogP contribution is -2.59. The number of aliphatic hydroxyl groups is 4. The van der Waals surface area contributed by atoms with Crippen molar-refractivity contribution in [1.82, 2.24) is 0 Å². The molecule has 1 saturated heterocycles. The van der Waals surface area contributed by atoms with E-state index >= 15 is 0 Å². The average Bonchev–Trinajstić information content (AvgIpc) is 2.31. The van der Waals surface area contributed by atoms with Gasteiger partial charge in [0, 0.05) is 12.3 Å². The molecule has 0 amide bonds. The number of carboxylic acid groups (broad SMARTS) is 1. The molecule has 7 nitrogen and oxygen atoms in total. The fourth-order valence-electron chi connectivity index (χ4n) is 2.11. The highest BCUT2D eigenvalue weighted by Gasteiger charge is 2.49. The van der Waals surface area contributed by atoms with Crippen molar-refractivity contribution in [3.05, 3.63) is 0 Å². The maximum atomic E-state index is 11.1. The van der Waals surface area contributed by atoms with Gasteiger partial charge in [0.15, 0.2) is 5.60 Å². The molecule has 0 aromatic rings. The summed E-state index contributed by atoms with van der Waals surface area (Å²) in [7, 11) is 0. The van der Waals surface area contributed by atoms with E-state index in [4.69, 9.17) is 14.9 Å².